The van der Waals surface area contributed by atoms with E-state index in [1.165, 1.54) is 4.31 Å². The number of hydrogen-bond acceptors (Lipinski definition) is 6. The maximum Gasteiger partial charge on any atom is 0.246 e. The van der Waals surface area contributed by atoms with E-state index in [0.29, 0.717) is 36.6 Å². The average molecular weight is 460 g/mol. The van der Waals surface area contributed by atoms with Gasteiger partial charge in [0.25, 0.3) is 0 Å². The van der Waals surface area contributed by atoms with Gasteiger partial charge in [-0.2, -0.15) is 4.31 Å². The molecule has 0 spiro atoms. The molecule has 0 aliphatic carbocycles. The number of benzene rings is 2. The van der Waals surface area contributed by atoms with Crippen LogP contribution in [0.3, 0.4) is 0 Å². The molecule has 10 heteroatoms. The van der Waals surface area contributed by atoms with Gasteiger partial charge in [-0.1, -0.05) is 17.7 Å². The first-order valence-electron chi connectivity index (χ1n) is 10.1. The van der Waals surface area contributed by atoms with Gasteiger partial charge in [0, 0.05) is 37.9 Å². The lowest BCUT2D eigenvalue weighted by atomic mass is 10.2. The quantitative estimate of drug-likeness (QED) is 0.628. The predicted octanol–water partition coefficient (Wildman–Crippen LogP) is 3.63. The number of hydrogen-bond donors (Lipinski definition) is 1. The zero-order chi connectivity index (χ0) is 22.9. The van der Waals surface area contributed by atoms with Crippen molar-refractivity contribution in [2.24, 2.45) is 0 Å². The Bertz CT molecular complexity index is 1230. The van der Waals surface area contributed by atoms with Gasteiger partial charge in [-0.05, 0) is 44.2 Å². The van der Waals surface area contributed by atoms with Crippen LogP contribution in [-0.4, -0.2) is 48.9 Å². The SMILES string of the molecule is Cc1ccc(Nc2cc(N3CCN(S(=O)(=O)c4cc(F)ccc4F)CC3)nc(C)n2)cc1. The fourth-order valence-electron chi connectivity index (χ4n) is 3.53. The van der Waals surface area contributed by atoms with Crippen molar-refractivity contribution in [2.75, 3.05) is 36.4 Å². The van der Waals surface area contributed by atoms with E-state index in [9.17, 15) is 17.2 Å². The van der Waals surface area contributed by atoms with Gasteiger partial charge in [0.1, 0.15) is 34.0 Å². The van der Waals surface area contributed by atoms with Crippen LogP contribution in [0.5, 0.6) is 0 Å². The number of piperazine rings is 1. The van der Waals surface area contributed by atoms with Crippen LogP contribution in [0.2, 0.25) is 0 Å². The molecule has 168 valence electrons. The van der Waals surface area contributed by atoms with Crippen LogP contribution in [0.25, 0.3) is 0 Å². The maximum absolute atomic E-state index is 14.0. The summed E-state index contributed by atoms with van der Waals surface area (Å²) >= 11 is 0. The zero-order valence-electron chi connectivity index (χ0n) is 17.7. The first-order chi connectivity index (χ1) is 15.2. The highest BCUT2D eigenvalue weighted by molar-refractivity contribution is 7.89. The van der Waals surface area contributed by atoms with Gasteiger partial charge in [0.05, 0.1) is 0 Å². The first kappa shape index (κ1) is 22.1. The Morgan fingerprint density at radius 1 is 0.906 bits per heavy atom. The summed E-state index contributed by atoms with van der Waals surface area (Å²) in [5.41, 5.74) is 2.05. The molecule has 0 unspecified atom stereocenters. The number of rotatable bonds is 5. The van der Waals surface area contributed by atoms with Crippen LogP contribution in [0.4, 0.5) is 26.1 Å². The molecular weight excluding hydrogens is 436 g/mol. The molecule has 2 heterocycles. The van der Waals surface area contributed by atoms with E-state index in [2.05, 4.69) is 15.3 Å². The normalized spacial score (nSPS) is 15.1. The molecule has 0 radical (unpaired) electrons. The number of aryl methyl sites for hydroxylation is 2. The van der Waals surface area contributed by atoms with E-state index in [1.807, 2.05) is 42.2 Å². The van der Waals surface area contributed by atoms with Crippen LogP contribution in [0, 0.1) is 25.5 Å². The molecule has 1 aliphatic heterocycles. The van der Waals surface area contributed by atoms with Crippen molar-refractivity contribution in [3.8, 4) is 0 Å². The topological polar surface area (TPSA) is 78.4 Å². The highest BCUT2D eigenvalue weighted by atomic mass is 32.2. The minimum Gasteiger partial charge on any atom is -0.354 e. The van der Waals surface area contributed by atoms with Crippen molar-refractivity contribution in [2.45, 2.75) is 18.7 Å². The van der Waals surface area contributed by atoms with Crippen molar-refractivity contribution in [1.29, 1.82) is 0 Å². The van der Waals surface area contributed by atoms with Crippen molar-refractivity contribution in [3.63, 3.8) is 0 Å². The average Bonchev–Trinajstić information content (AvgIpc) is 2.76. The summed E-state index contributed by atoms with van der Waals surface area (Å²) in [6.45, 7) is 4.77. The van der Waals surface area contributed by atoms with Crippen LogP contribution in [-0.2, 0) is 10.0 Å². The largest absolute Gasteiger partial charge is 0.354 e. The van der Waals surface area contributed by atoms with Crippen LogP contribution in [0.1, 0.15) is 11.4 Å². The summed E-state index contributed by atoms with van der Waals surface area (Å²) in [7, 11) is -4.13. The van der Waals surface area contributed by atoms with E-state index in [-0.39, 0.29) is 13.1 Å². The van der Waals surface area contributed by atoms with Crippen molar-refractivity contribution in [3.05, 3.63) is 71.6 Å². The molecule has 0 bridgehead atoms. The third-order valence-electron chi connectivity index (χ3n) is 5.22. The number of anilines is 3. The van der Waals surface area contributed by atoms with E-state index in [1.54, 1.807) is 6.92 Å². The smallest absolute Gasteiger partial charge is 0.246 e. The Kier molecular flexibility index (Phi) is 6.07. The molecule has 3 aromatic rings. The molecule has 1 aliphatic rings. The molecule has 32 heavy (non-hydrogen) atoms. The Labute approximate surface area is 185 Å². The Hall–Kier alpha value is -3.11. The molecule has 0 atom stereocenters. The fourth-order valence-corrected chi connectivity index (χ4v) is 5.03. The Morgan fingerprint density at radius 3 is 2.28 bits per heavy atom. The molecule has 2 aromatic carbocycles. The van der Waals surface area contributed by atoms with Gasteiger partial charge in [0.15, 0.2) is 0 Å². The molecule has 1 aromatic heterocycles. The minimum absolute atomic E-state index is 0.127. The number of halogens is 2. The minimum atomic E-state index is -4.13. The predicted molar refractivity (Wildman–Crippen MR) is 119 cm³/mol. The molecule has 1 N–H and O–H groups in total. The van der Waals surface area contributed by atoms with Crippen molar-refractivity contribution < 1.29 is 17.2 Å². The zero-order valence-corrected chi connectivity index (χ0v) is 18.5. The third-order valence-corrected chi connectivity index (χ3v) is 7.14. The molecule has 7 nitrogen and oxygen atoms in total. The second kappa shape index (κ2) is 8.79. The lowest BCUT2D eigenvalue weighted by Crippen LogP contribution is -2.49. The van der Waals surface area contributed by atoms with Gasteiger partial charge in [-0.3, -0.25) is 0 Å². The molecule has 1 fully saturated rings. The summed E-state index contributed by atoms with van der Waals surface area (Å²) < 4.78 is 54.3. The van der Waals surface area contributed by atoms with Gasteiger partial charge in [0.2, 0.25) is 10.0 Å². The summed E-state index contributed by atoms with van der Waals surface area (Å²) in [6.07, 6.45) is 0. The number of sulfonamides is 1. The highest BCUT2D eigenvalue weighted by Crippen LogP contribution is 2.25. The lowest BCUT2D eigenvalue weighted by molar-refractivity contribution is 0.380. The number of nitrogens with one attached hydrogen (secondary N) is 1. The van der Waals surface area contributed by atoms with Gasteiger partial charge in [-0.25, -0.2) is 27.2 Å². The van der Waals surface area contributed by atoms with E-state index < -0.39 is 26.6 Å². The summed E-state index contributed by atoms with van der Waals surface area (Å²) in [6, 6.07) is 12.2. The van der Waals surface area contributed by atoms with Crippen LogP contribution >= 0.6 is 0 Å². The molecular formula is C22H23F2N5O2S. The van der Waals surface area contributed by atoms with Gasteiger partial charge >= 0.3 is 0 Å². The molecule has 1 saturated heterocycles. The van der Waals surface area contributed by atoms with Gasteiger partial charge < -0.3 is 10.2 Å². The monoisotopic (exact) mass is 459 g/mol. The highest BCUT2D eigenvalue weighted by Gasteiger charge is 2.31. The summed E-state index contributed by atoms with van der Waals surface area (Å²) in [4.78, 5) is 10.2. The van der Waals surface area contributed by atoms with E-state index >= 15 is 0 Å². The molecule has 0 saturated carbocycles. The number of nitrogens with zero attached hydrogens (tertiary/aromatic N) is 4. The third kappa shape index (κ3) is 4.71. The standard InChI is InChI=1S/C22H23F2N5O2S/c1-15-3-6-18(7-4-15)27-21-14-22(26-16(2)25-21)28-9-11-29(12-10-28)32(30,31)20-13-17(23)5-8-19(20)24/h3-8,13-14H,9-12H2,1-2H3,(H,25,26,27). The van der Waals surface area contributed by atoms with Crippen LogP contribution in [0.15, 0.2) is 53.4 Å². The second-order valence-electron chi connectivity index (χ2n) is 7.62. The van der Waals surface area contributed by atoms with Crippen molar-refractivity contribution in [1.82, 2.24) is 14.3 Å². The lowest BCUT2D eigenvalue weighted by Gasteiger charge is -2.34. The Morgan fingerprint density at radius 2 is 1.59 bits per heavy atom. The summed E-state index contributed by atoms with van der Waals surface area (Å²) in [5, 5.41) is 3.26. The van der Waals surface area contributed by atoms with Crippen LogP contribution < -0.4 is 10.2 Å². The second-order valence-corrected chi connectivity index (χ2v) is 9.52. The first-order valence-corrected chi connectivity index (χ1v) is 11.6. The maximum atomic E-state index is 14.0. The number of aromatic nitrogens is 2. The van der Waals surface area contributed by atoms with Gasteiger partial charge in [-0.15, -0.1) is 0 Å². The fraction of sp³-hybridized carbons (Fsp3) is 0.273. The van der Waals surface area contributed by atoms with E-state index in [4.69, 9.17) is 0 Å². The van der Waals surface area contributed by atoms with E-state index in [0.717, 1.165) is 23.4 Å². The molecule has 4 rings (SSSR count). The molecule has 0 amide bonds. The van der Waals surface area contributed by atoms with Crippen molar-refractivity contribution >= 4 is 27.3 Å². The summed E-state index contributed by atoms with van der Waals surface area (Å²) in [5.74, 6) is 0.115. The Balaban J connectivity index is 1.49.